The molecule has 4 nitrogen and oxygen atoms in total. The van der Waals surface area contributed by atoms with E-state index in [0.29, 0.717) is 5.56 Å². The van der Waals surface area contributed by atoms with Crippen LogP contribution in [-0.4, -0.2) is 16.6 Å². The molecule has 0 atom stereocenters. The van der Waals surface area contributed by atoms with Gasteiger partial charge in [-0.05, 0) is 19.1 Å². The maximum Gasteiger partial charge on any atom is 0.211 e. The monoisotopic (exact) mass is 188 g/mol. The fraction of sp³-hybridized carbons (Fsp3) is 0.100. The van der Waals surface area contributed by atoms with E-state index in [1.165, 1.54) is 13.1 Å². The Kier molecular flexibility index (Phi) is 1.70. The van der Waals surface area contributed by atoms with E-state index in [4.69, 9.17) is 5.73 Å². The van der Waals surface area contributed by atoms with Gasteiger partial charge in [0.2, 0.25) is 11.6 Å². The molecule has 0 aliphatic heterocycles. The number of carbonyl (C=O) groups is 2. The molecule has 0 radical (unpaired) electrons. The van der Waals surface area contributed by atoms with Crippen LogP contribution in [-0.2, 0) is 0 Å². The molecule has 2 rings (SSSR count). The van der Waals surface area contributed by atoms with Gasteiger partial charge in [0.05, 0.1) is 11.3 Å². The van der Waals surface area contributed by atoms with Crippen LogP contribution < -0.4 is 5.73 Å². The quantitative estimate of drug-likeness (QED) is 0.650. The third-order valence-corrected chi connectivity index (χ3v) is 2.26. The van der Waals surface area contributed by atoms with Crippen molar-refractivity contribution in [2.75, 3.05) is 0 Å². The van der Waals surface area contributed by atoms with Gasteiger partial charge in [-0.15, -0.1) is 0 Å². The van der Waals surface area contributed by atoms with Crippen LogP contribution in [0.25, 0.3) is 0 Å². The molecule has 0 aromatic carbocycles. The SMILES string of the molecule is CC1=C(N)C(=O)c2cccnc2C1=O. The normalized spacial score (nSPS) is 15.8. The number of carbonyl (C=O) groups excluding carboxylic acids is 2. The lowest BCUT2D eigenvalue weighted by molar-refractivity contribution is 0.0970. The third kappa shape index (κ3) is 0.970. The largest absolute Gasteiger partial charge is 0.395 e. The highest BCUT2D eigenvalue weighted by molar-refractivity contribution is 6.25. The van der Waals surface area contributed by atoms with Crippen molar-refractivity contribution in [3.63, 3.8) is 0 Å². The van der Waals surface area contributed by atoms with E-state index in [1.54, 1.807) is 12.1 Å². The van der Waals surface area contributed by atoms with Gasteiger partial charge in [0, 0.05) is 11.8 Å². The number of pyridine rings is 1. The van der Waals surface area contributed by atoms with E-state index in [1.807, 2.05) is 0 Å². The molecule has 0 saturated carbocycles. The molecule has 0 bridgehead atoms. The number of ketones is 2. The molecular formula is C10H8N2O2. The summed E-state index contributed by atoms with van der Waals surface area (Å²) in [5.41, 5.74) is 6.30. The summed E-state index contributed by atoms with van der Waals surface area (Å²) >= 11 is 0. The smallest absolute Gasteiger partial charge is 0.211 e. The van der Waals surface area contributed by atoms with Crippen molar-refractivity contribution in [2.24, 2.45) is 5.73 Å². The fourth-order valence-electron chi connectivity index (χ4n) is 1.38. The number of aromatic nitrogens is 1. The Morgan fingerprint density at radius 3 is 2.71 bits per heavy atom. The number of allylic oxidation sites excluding steroid dienone is 2. The summed E-state index contributed by atoms with van der Waals surface area (Å²) in [6.45, 7) is 1.53. The lowest BCUT2D eigenvalue weighted by Crippen LogP contribution is -2.26. The van der Waals surface area contributed by atoms with Gasteiger partial charge in [0.1, 0.15) is 5.69 Å². The van der Waals surface area contributed by atoms with Crippen molar-refractivity contribution in [3.05, 3.63) is 40.9 Å². The Bertz CT molecular complexity index is 432. The third-order valence-electron chi connectivity index (χ3n) is 2.26. The minimum atomic E-state index is -0.315. The standard InChI is InChI=1S/C10H8N2O2/c1-5-7(11)10(14)6-3-2-4-12-8(6)9(5)13/h2-4H,11H2,1H3. The first kappa shape index (κ1) is 8.62. The van der Waals surface area contributed by atoms with E-state index in [9.17, 15) is 9.59 Å². The van der Waals surface area contributed by atoms with Crippen molar-refractivity contribution in [3.8, 4) is 0 Å². The van der Waals surface area contributed by atoms with Gasteiger partial charge in [-0.3, -0.25) is 14.6 Å². The van der Waals surface area contributed by atoms with Crippen molar-refractivity contribution < 1.29 is 9.59 Å². The maximum atomic E-state index is 11.6. The van der Waals surface area contributed by atoms with E-state index in [-0.39, 0.29) is 28.5 Å². The van der Waals surface area contributed by atoms with Crippen LogP contribution in [0.2, 0.25) is 0 Å². The van der Waals surface area contributed by atoms with E-state index in [0.717, 1.165) is 0 Å². The highest BCUT2D eigenvalue weighted by atomic mass is 16.1. The van der Waals surface area contributed by atoms with Gasteiger partial charge in [-0.25, -0.2) is 0 Å². The van der Waals surface area contributed by atoms with Gasteiger partial charge in [-0.2, -0.15) is 0 Å². The molecule has 0 spiro atoms. The Balaban J connectivity index is 2.73. The molecule has 4 heteroatoms. The minimum Gasteiger partial charge on any atom is -0.395 e. The van der Waals surface area contributed by atoms with Gasteiger partial charge in [0.15, 0.2) is 0 Å². The number of nitrogens with two attached hydrogens (primary N) is 1. The minimum absolute atomic E-state index is 0.0236. The second-order valence-electron chi connectivity index (χ2n) is 3.10. The zero-order chi connectivity index (χ0) is 10.3. The number of fused-ring (bicyclic) bond motifs is 1. The molecular weight excluding hydrogens is 180 g/mol. The molecule has 1 heterocycles. The Labute approximate surface area is 80.4 Å². The lowest BCUT2D eigenvalue weighted by atomic mass is 9.92. The second-order valence-corrected chi connectivity index (χ2v) is 3.10. The molecule has 70 valence electrons. The summed E-state index contributed by atoms with van der Waals surface area (Å²) in [4.78, 5) is 27.1. The number of rotatable bonds is 0. The molecule has 0 saturated heterocycles. The van der Waals surface area contributed by atoms with Crippen molar-refractivity contribution in [1.29, 1.82) is 0 Å². The first-order valence-corrected chi connectivity index (χ1v) is 4.13. The zero-order valence-corrected chi connectivity index (χ0v) is 7.57. The Morgan fingerprint density at radius 2 is 2.00 bits per heavy atom. The average Bonchev–Trinajstić information content (AvgIpc) is 2.23. The summed E-state index contributed by atoms with van der Waals surface area (Å²) in [6, 6.07) is 3.17. The molecule has 1 aliphatic rings. The maximum absolute atomic E-state index is 11.6. The number of hydrogen-bond donors (Lipinski definition) is 1. The van der Waals surface area contributed by atoms with Crippen LogP contribution in [0, 0.1) is 0 Å². The summed E-state index contributed by atoms with van der Waals surface area (Å²) in [5.74, 6) is -0.581. The summed E-state index contributed by atoms with van der Waals surface area (Å²) < 4.78 is 0. The van der Waals surface area contributed by atoms with Crippen LogP contribution in [0.5, 0.6) is 0 Å². The molecule has 0 amide bonds. The van der Waals surface area contributed by atoms with Gasteiger partial charge >= 0.3 is 0 Å². The summed E-state index contributed by atoms with van der Waals surface area (Å²) in [5, 5.41) is 0. The van der Waals surface area contributed by atoms with Crippen molar-refractivity contribution >= 4 is 11.6 Å². The van der Waals surface area contributed by atoms with E-state index >= 15 is 0 Å². The highest BCUT2D eigenvalue weighted by Gasteiger charge is 2.28. The topological polar surface area (TPSA) is 73.1 Å². The van der Waals surface area contributed by atoms with Crippen LogP contribution in [0.15, 0.2) is 29.6 Å². The molecule has 0 fully saturated rings. The van der Waals surface area contributed by atoms with Crippen LogP contribution in [0.3, 0.4) is 0 Å². The van der Waals surface area contributed by atoms with Crippen molar-refractivity contribution in [2.45, 2.75) is 6.92 Å². The van der Waals surface area contributed by atoms with Gasteiger partial charge < -0.3 is 5.73 Å². The molecule has 1 aliphatic carbocycles. The molecule has 1 aromatic rings. The van der Waals surface area contributed by atoms with Crippen LogP contribution >= 0.6 is 0 Å². The van der Waals surface area contributed by atoms with Crippen molar-refractivity contribution in [1.82, 2.24) is 4.98 Å². The highest BCUT2D eigenvalue weighted by Crippen LogP contribution is 2.21. The lowest BCUT2D eigenvalue weighted by Gasteiger charge is -2.14. The molecule has 0 unspecified atom stereocenters. The average molecular weight is 188 g/mol. The van der Waals surface area contributed by atoms with Crippen LogP contribution in [0.4, 0.5) is 0 Å². The number of nitrogens with zero attached hydrogens (tertiary/aromatic N) is 1. The summed E-state index contributed by atoms with van der Waals surface area (Å²) in [6.07, 6.45) is 1.48. The predicted octanol–water partition coefficient (Wildman–Crippen LogP) is 0.693. The van der Waals surface area contributed by atoms with Crippen LogP contribution in [0.1, 0.15) is 27.8 Å². The first-order valence-electron chi connectivity index (χ1n) is 4.13. The number of hydrogen-bond acceptors (Lipinski definition) is 4. The van der Waals surface area contributed by atoms with E-state index < -0.39 is 0 Å². The zero-order valence-electron chi connectivity index (χ0n) is 7.57. The number of Topliss-reactive ketones (excluding diaryl/α,β-unsaturated/α-hetero) is 2. The molecule has 2 N–H and O–H groups in total. The first-order chi connectivity index (χ1) is 6.63. The summed E-state index contributed by atoms with van der Waals surface area (Å²) in [7, 11) is 0. The molecule has 14 heavy (non-hydrogen) atoms. The van der Waals surface area contributed by atoms with E-state index in [2.05, 4.69) is 4.98 Å². The Hall–Kier alpha value is -1.97. The molecule has 1 aromatic heterocycles. The fourth-order valence-corrected chi connectivity index (χ4v) is 1.38. The Morgan fingerprint density at radius 1 is 1.29 bits per heavy atom. The second kappa shape index (κ2) is 2.77. The van der Waals surface area contributed by atoms with Gasteiger partial charge in [-0.1, -0.05) is 0 Å². The predicted molar refractivity (Wildman–Crippen MR) is 49.8 cm³/mol. The van der Waals surface area contributed by atoms with Gasteiger partial charge in [0.25, 0.3) is 0 Å².